The van der Waals surface area contributed by atoms with Gasteiger partial charge in [-0.3, -0.25) is 4.79 Å². The first kappa shape index (κ1) is 9.83. The molecule has 72 valence electrons. The van der Waals surface area contributed by atoms with Gasteiger partial charge in [-0.25, -0.2) is 0 Å². The lowest BCUT2D eigenvalue weighted by atomic mass is 10.1. The molecule has 0 saturated heterocycles. The highest BCUT2D eigenvalue weighted by Crippen LogP contribution is 1.98. The van der Waals surface area contributed by atoms with Crippen LogP contribution in [0.5, 0.6) is 0 Å². The highest BCUT2D eigenvalue weighted by atomic mass is 16.1. The molecule has 1 aromatic heterocycles. The highest BCUT2D eigenvalue weighted by molar-refractivity contribution is 5.78. The van der Waals surface area contributed by atoms with Crippen LogP contribution in [0, 0.1) is 0 Å². The number of aryl methyl sites for hydroxylation is 2. The minimum atomic E-state index is 0.273. The lowest BCUT2D eigenvalue weighted by Crippen LogP contribution is -2.01. The van der Waals surface area contributed by atoms with E-state index in [2.05, 4.69) is 15.4 Å². The third-order valence-electron chi connectivity index (χ3n) is 1.71. The Morgan fingerprint density at radius 1 is 1.46 bits per heavy atom. The summed E-state index contributed by atoms with van der Waals surface area (Å²) in [5.74, 6) is 0.918. The van der Waals surface area contributed by atoms with Crippen molar-refractivity contribution in [3.63, 3.8) is 0 Å². The first-order chi connectivity index (χ1) is 6.22. The average molecular weight is 182 g/mol. The number of hydrogen-bond acceptors (Lipinski definition) is 4. The van der Waals surface area contributed by atoms with Crippen molar-refractivity contribution in [1.29, 1.82) is 0 Å². The summed E-state index contributed by atoms with van der Waals surface area (Å²) in [5, 5.41) is 11.5. The predicted molar refractivity (Wildman–Crippen MR) is 47.0 cm³/mol. The van der Waals surface area contributed by atoms with Crippen LogP contribution in [-0.4, -0.2) is 26.0 Å². The number of rotatable bonds is 5. The molecule has 1 rings (SSSR count). The summed E-state index contributed by atoms with van der Waals surface area (Å²) in [5.41, 5.74) is 0. The van der Waals surface area contributed by atoms with Gasteiger partial charge in [0.25, 0.3) is 0 Å². The maximum Gasteiger partial charge on any atom is 0.175 e. The Labute approximate surface area is 77.1 Å². The van der Waals surface area contributed by atoms with E-state index in [0.29, 0.717) is 25.1 Å². The molecule has 0 saturated carbocycles. The fourth-order valence-electron chi connectivity index (χ4n) is 1.08. The second-order valence-corrected chi connectivity index (χ2v) is 2.98. The van der Waals surface area contributed by atoms with Gasteiger partial charge in [-0.05, 0) is 11.6 Å². The molecule has 1 aromatic rings. The zero-order chi connectivity index (χ0) is 9.68. The first-order valence-electron chi connectivity index (χ1n) is 4.47. The minimum Gasteiger partial charge on any atom is -0.300 e. The van der Waals surface area contributed by atoms with E-state index in [9.17, 15) is 4.79 Å². The van der Waals surface area contributed by atoms with Gasteiger partial charge in [0.15, 0.2) is 5.82 Å². The number of hydrogen-bond donors (Lipinski definition) is 0. The van der Waals surface area contributed by atoms with E-state index in [1.807, 2.05) is 6.92 Å². The monoisotopic (exact) mass is 182 g/mol. The molecule has 0 amide bonds. The van der Waals surface area contributed by atoms with Crippen LogP contribution in [-0.2, 0) is 18.3 Å². The molecule has 5 heteroatoms. The summed E-state index contributed by atoms with van der Waals surface area (Å²) in [6.45, 7) is 2.00. The Morgan fingerprint density at radius 2 is 2.23 bits per heavy atom. The maximum absolute atomic E-state index is 11.1. The van der Waals surface area contributed by atoms with E-state index in [4.69, 9.17) is 0 Å². The Kier molecular flexibility index (Phi) is 3.54. The van der Waals surface area contributed by atoms with E-state index in [-0.39, 0.29) is 5.78 Å². The molecule has 0 unspecified atom stereocenters. The number of nitrogens with zero attached hydrogens (tertiary/aromatic N) is 4. The molecule has 13 heavy (non-hydrogen) atoms. The normalized spacial score (nSPS) is 10.3. The van der Waals surface area contributed by atoms with Crippen molar-refractivity contribution >= 4 is 5.78 Å². The topological polar surface area (TPSA) is 60.7 Å². The number of tetrazole rings is 1. The van der Waals surface area contributed by atoms with Gasteiger partial charge in [-0.15, -0.1) is 10.2 Å². The largest absolute Gasteiger partial charge is 0.300 e. The van der Waals surface area contributed by atoms with E-state index < -0.39 is 0 Å². The van der Waals surface area contributed by atoms with Crippen LogP contribution in [0.15, 0.2) is 0 Å². The van der Waals surface area contributed by atoms with Crippen LogP contribution in [0.4, 0.5) is 0 Å². The molecular formula is C8H14N4O. The van der Waals surface area contributed by atoms with Crippen molar-refractivity contribution in [3.05, 3.63) is 5.82 Å². The van der Waals surface area contributed by atoms with E-state index in [1.165, 1.54) is 4.80 Å². The Hall–Kier alpha value is -1.26. The Morgan fingerprint density at radius 3 is 2.77 bits per heavy atom. The molecule has 0 aliphatic rings. The predicted octanol–water partition coefficient (Wildman–Crippen LogP) is 0.512. The molecule has 5 nitrogen and oxygen atoms in total. The van der Waals surface area contributed by atoms with Crippen molar-refractivity contribution in [2.45, 2.75) is 32.6 Å². The van der Waals surface area contributed by atoms with Crippen LogP contribution in [0.25, 0.3) is 0 Å². The number of carbonyl (C=O) groups is 1. The van der Waals surface area contributed by atoms with Gasteiger partial charge < -0.3 is 0 Å². The van der Waals surface area contributed by atoms with E-state index >= 15 is 0 Å². The molecule has 0 aliphatic carbocycles. The van der Waals surface area contributed by atoms with Gasteiger partial charge in [0, 0.05) is 19.3 Å². The van der Waals surface area contributed by atoms with Crippen molar-refractivity contribution in [2.24, 2.45) is 7.05 Å². The molecule has 0 radical (unpaired) electrons. The van der Waals surface area contributed by atoms with Crippen molar-refractivity contribution in [3.8, 4) is 0 Å². The SMILES string of the molecule is CCCC(=O)CCc1nnn(C)n1. The fraction of sp³-hybridized carbons (Fsp3) is 0.750. The second-order valence-electron chi connectivity index (χ2n) is 2.98. The summed E-state index contributed by atoms with van der Waals surface area (Å²) < 4.78 is 0. The molecule has 1 heterocycles. The standard InChI is InChI=1S/C8H14N4O/c1-3-4-7(13)5-6-8-9-11-12(2)10-8/h3-6H2,1-2H3. The lowest BCUT2D eigenvalue weighted by Gasteiger charge is -1.94. The average Bonchev–Trinajstić information content (AvgIpc) is 2.49. The zero-order valence-electron chi connectivity index (χ0n) is 8.03. The first-order valence-corrected chi connectivity index (χ1v) is 4.47. The second kappa shape index (κ2) is 4.69. The molecular weight excluding hydrogens is 168 g/mol. The Bertz CT molecular complexity index is 281. The van der Waals surface area contributed by atoms with Crippen molar-refractivity contribution < 1.29 is 4.79 Å². The lowest BCUT2D eigenvalue weighted by molar-refractivity contribution is -0.119. The summed E-state index contributed by atoms with van der Waals surface area (Å²) in [4.78, 5) is 12.5. The van der Waals surface area contributed by atoms with Crippen molar-refractivity contribution in [2.75, 3.05) is 0 Å². The summed E-state index contributed by atoms with van der Waals surface area (Å²) in [6.07, 6.45) is 2.69. The molecule has 0 bridgehead atoms. The van der Waals surface area contributed by atoms with Gasteiger partial charge >= 0.3 is 0 Å². The van der Waals surface area contributed by atoms with Gasteiger partial charge in [0.1, 0.15) is 5.78 Å². The number of ketones is 1. The van der Waals surface area contributed by atoms with Gasteiger partial charge in [-0.2, -0.15) is 4.80 Å². The molecule has 0 N–H and O–H groups in total. The molecule has 0 aromatic carbocycles. The molecule has 0 aliphatic heterocycles. The molecule has 0 atom stereocenters. The van der Waals surface area contributed by atoms with Crippen LogP contribution in [0.1, 0.15) is 32.0 Å². The number of carbonyl (C=O) groups excluding carboxylic acids is 1. The third kappa shape index (κ3) is 3.31. The molecule has 0 fully saturated rings. The van der Waals surface area contributed by atoms with E-state index in [0.717, 1.165) is 6.42 Å². The summed E-state index contributed by atoms with van der Waals surface area (Å²) >= 11 is 0. The van der Waals surface area contributed by atoms with Gasteiger partial charge in [0.2, 0.25) is 0 Å². The third-order valence-corrected chi connectivity index (χ3v) is 1.71. The van der Waals surface area contributed by atoms with Crippen LogP contribution < -0.4 is 0 Å². The van der Waals surface area contributed by atoms with Gasteiger partial charge in [-0.1, -0.05) is 6.92 Å². The highest BCUT2D eigenvalue weighted by Gasteiger charge is 2.04. The number of Topliss-reactive ketones (excluding diaryl/α,β-unsaturated/α-hetero) is 1. The number of aromatic nitrogens is 4. The maximum atomic E-state index is 11.1. The van der Waals surface area contributed by atoms with Crippen LogP contribution in [0.3, 0.4) is 0 Å². The van der Waals surface area contributed by atoms with Crippen LogP contribution >= 0.6 is 0 Å². The summed E-state index contributed by atoms with van der Waals surface area (Å²) in [7, 11) is 1.71. The van der Waals surface area contributed by atoms with Crippen molar-refractivity contribution in [1.82, 2.24) is 20.2 Å². The quantitative estimate of drug-likeness (QED) is 0.665. The van der Waals surface area contributed by atoms with Crippen LogP contribution in [0.2, 0.25) is 0 Å². The molecule has 0 spiro atoms. The Balaban J connectivity index is 2.30. The van der Waals surface area contributed by atoms with E-state index in [1.54, 1.807) is 7.05 Å². The minimum absolute atomic E-state index is 0.273. The van der Waals surface area contributed by atoms with Gasteiger partial charge in [0.05, 0.1) is 7.05 Å². The summed E-state index contributed by atoms with van der Waals surface area (Å²) in [6, 6.07) is 0. The fourth-order valence-corrected chi connectivity index (χ4v) is 1.08. The zero-order valence-corrected chi connectivity index (χ0v) is 8.03. The smallest absolute Gasteiger partial charge is 0.175 e.